The summed E-state index contributed by atoms with van der Waals surface area (Å²) in [5.41, 5.74) is 0. The van der Waals surface area contributed by atoms with E-state index in [4.69, 9.17) is 0 Å². The fourth-order valence-electron chi connectivity index (χ4n) is 3.73. The van der Waals surface area contributed by atoms with Crippen LogP contribution >= 0.6 is 11.3 Å². The largest absolute Gasteiger partial charge is 0.342 e. The number of likely N-dealkylation sites (tertiary alicyclic amines) is 1. The Kier molecular flexibility index (Phi) is 7.44. The maximum atomic E-state index is 12.5. The number of amides is 3. The number of hydrogen-bond acceptors (Lipinski definition) is 5. The van der Waals surface area contributed by atoms with Crippen LogP contribution in [-0.4, -0.2) is 96.7 Å². The Morgan fingerprint density at radius 2 is 1.57 bits per heavy atom. The van der Waals surface area contributed by atoms with Crippen LogP contribution in [0.15, 0.2) is 17.5 Å². The van der Waals surface area contributed by atoms with Gasteiger partial charge in [-0.25, -0.2) is 0 Å². The molecule has 154 valence electrons. The maximum Gasteiger partial charge on any atom is 0.264 e. The normalized spacial score (nSPS) is 18.6. The van der Waals surface area contributed by atoms with Gasteiger partial charge in [0.2, 0.25) is 11.8 Å². The fourth-order valence-corrected chi connectivity index (χ4v) is 4.45. The van der Waals surface area contributed by atoms with Gasteiger partial charge < -0.3 is 14.7 Å². The molecule has 0 aromatic carbocycles. The lowest BCUT2D eigenvalue weighted by Crippen LogP contribution is -2.53. The minimum absolute atomic E-state index is 0.0362. The minimum atomic E-state index is -0.120. The summed E-state index contributed by atoms with van der Waals surface area (Å²) in [4.78, 5) is 45.4. The second-order valence-electron chi connectivity index (χ2n) is 7.59. The van der Waals surface area contributed by atoms with Gasteiger partial charge in [0, 0.05) is 46.3 Å². The highest BCUT2D eigenvalue weighted by atomic mass is 32.1. The Morgan fingerprint density at radius 1 is 0.929 bits per heavy atom. The van der Waals surface area contributed by atoms with E-state index in [0.717, 1.165) is 25.9 Å². The lowest BCUT2D eigenvalue weighted by molar-refractivity contribution is -0.135. The highest BCUT2D eigenvalue weighted by molar-refractivity contribution is 7.12. The third kappa shape index (κ3) is 5.54. The fraction of sp³-hybridized carbons (Fsp3) is 0.650. The van der Waals surface area contributed by atoms with Crippen molar-refractivity contribution in [2.75, 3.05) is 59.4 Å². The number of carbonyl (C=O) groups excluding carboxylic acids is 3. The second-order valence-corrected chi connectivity index (χ2v) is 8.54. The van der Waals surface area contributed by atoms with Gasteiger partial charge in [-0.3, -0.25) is 19.3 Å². The molecule has 1 aromatic rings. The van der Waals surface area contributed by atoms with Gasteiger partial charge in [0.1, 0.15) is 0 Å². The molecule has 28 heavy (non-hydrogen) atoms. The first-order chi connectivity index (χ1) is 13.5. The molecule has 3 amide bonds. The Hall–Kier alpha value is -1.93. The molecule has 0 saturated carbocycles. The predicted molar refractivity (Wildman–Crippen MR) is 109 cm³/mol. The SMILES string of the molecule is CN(CC(=O)N1CCN(CC(=O)N2CCCCCC2)CC1)C(=O)c1cccs1. The summed E-state index contributed by atoms with van der Waals surface area (Å²) in [7, 11) is 1.66. The Bertz CT molecular complexity index is 663. The van der Waals surface area contributed by atoms with Crippen molar-refractivity contribution >= 4 is 29.1 Å². The van der Waals surface area contributed by atoms with Crippen LogP contribution in [0.4, 0.5) is 0 Å². The predicted octanol–water partition coefficient (Wildman–Crippen LogP) is 1.37. The van der Waals surface area contributed by atoms with E-state index >= 15 is 0 Å². The zero-order valence-electron chi connectivity index (χ0n) is 16.6. The summed E-state index contributed by atoms with van der Waals surface area (Å²) >= 11 is 1.38. The van der Waals surface area contributed by atoms with E-state index in [0.29, 0.717) is 37.6 Å². The summed E-state index contributed by atoms with van der Waals surface area (Å²) in [5.74, 6) is 0.0545. The molecule has 8 heteroatoms. The maximum absolute atomic E-state index is 12.5. The van der Waals surface area contributed by atoms with Crippen molar-refractivity contribution in [1.82, 2.24) is 19.6 Å². The second kappa shape index (κ2) is 10.0. The summed E-state index contributed by atoms with van der Waals surface area (Å²) in [5, 5.41) is 1.86. The lowest BCUT2D eigenvalue weighted by Gasteiger charge is -2.36. The molecule has 3 heterocycles. The molecule has 0 bridgehead atoms. The number of hydrogen-bond donors (Lipinski definition) is 0. The molecule has 0 unspecified atom stereocenters. The van der Waals surface area contributed by atoms with E-state index in [2.05, 4.69) is 4.90 Å². The first-order valence-electron chi connectivity index (χ1n) is 10.1. The van der Waals surface area contributed by atoms with Gasteiger partial charge in [0.05, 0.1) is 18.0 Å². The smallest absolute Gasteiger partial charge is 0.264 e. The zero-order valence-corrected chi connectivity index (χ0v) is 17.5. The Balaban J connectivity index is 1.41. The molecule has 0 aliphatic carbocycles. The van der Waals surface area contributed by atoms with E-state index in [1.807, 2.05) is 16.3 Å². The average Bonchev–Trinajstić information content (AvgIpc) is 3.09. The van der Waals surface area contributed by atoms with Crippen molar-refractivity contribution < 1.29 is 14.4 Å². The van der Waals surface area contributed by atoms with Gasteiger partial charge in [-0.05, 0) is 24.3 Å². The van der Waals surface area contributed by atoms with Gasteiger partial charge in [-0.1, -0.05) is 18.9 Å². The molecule has 2 aliphatic heterocycles. The van der Waals surface area contributed by atoms with Gasteiger partial charge >= 0.3 is 0 Å². The van der Waals surface area contributed by atoms with E-state index in [1.165, 1.54) is 29.1 Å². The summed E-state index contributed by atoms with van der Waals surface area (Å²) in [6.45, 7) is 4.90. The van der Waals surface area contributed by atoms with Crippen LogP contribution in [0, 0.1) is 0 Å². The van der Waals surface area contributed by atoms with E-state index in [1.54, 1.807) is 18.0 Å². The Morgan fingerprint density at radius 3 is 2.18 bits per heavy atom. The molecule has 7 nitrogen and oxygen atoms in total. The van der Waals surface area contributed by atoms with E-state index in [9.17, 15) is 14.4 Å². The molecule has 0 atom stereocenters. The monoisotopic (exact) mass is 406 g/mol. The molecule has 3 rings (SSSR count). The van der Waals surface area contributed by atoms with Crippen LogP contribution in [-0.2, 0) is 9.59 Å². The van der Waals surface area contributed by atoms with Gasteiger partial charge in [-0.15, -0.1) is 11.3 Å². The number of rotatable bonds is 5. The molecule has 2 saturated heterocycles. The first-order valence-corrected chi connectivity index (χ1v) is 11.0. The third-order valence-electron chi connectivity index (χ3n) is 5.49. The number of likely N-dealkylation sites (N-methyl/N-ethyl adjacent to an activating group) is 1. The standard InChI is InChI=1S/C20H30N4O3S/c1-21(20(27)17-7-6-14-28-17)15-18(25)24-12-10-22(11-13-24)16-19(26)23-8-4-2-3-5-9-23/h6-7,14H,2-5,8-13,15-16H2,1H3. The van der Waals surface area contributed by atoms with Crippen molar-refractivity contribution in [2.45, 2.75) is 25.7 Å². The lowest BCUT2D eigenvalue weighted by atomic mass is 10.2. The molecule has 2 fully saturated rings. The summed E-state index contributed by atoms with van der Waals surface area (Å²) in [6, 6.07) is 3.60. The number of nitrogens with zero attached hydrogens (tertiary/aromatic N) is 4. The molecule has 1 aromatic heterocycles. The molecular formula is C20H30N4O3S. The van der Waals surface area contributed by atoms with Crippen molar-refractivity contribution in [3.8, 4) is 0 Å². The van der Waals surface area contributed by atoms with Crippen LogP contribution < -0.4 is 0 Å². The van der Waals surface area contributed by atoms with Gasteiger partial charge in [0.25, 0.3) is 5.91 Å². The Labute approximate surface area is 170 Å². The molecular weight excluding hydrogens is 376 g/mol. The number of thiophene rings is 1. The van der Waals surface area contributed by atoms with Crippen LogP contribution in [0.1, 0.15) is 35.4 Å². The number of piperazine rings is 1. The average molecular weight is 407 g/mol. The molecule has 2 aliphatic rings. The molecule has 0 radical (unpaired) electrons. The van der Waals surface area contributed by atoms with Crippen LogP contribution in [0.25, 0.3) is 0 Å². The van der Waals surface area contributed by atoms with Crippen molar-refractivity contribution in [3.05, 3.63) is 22.4 Å². The quantitative estimate of drug-likeness (QED) is 0.741. The summed E-state index contributed by atoms with van der Waals surface area (Å²) < 4.78 is 0. The van der Waals surface area contributed by atoms with Crippen LogP contribution in [0.3, 0.4) is 0 Å². The van der Waals surface area contributed by atoms with Crippen molar-refractivity contribution in [1.29, 1.82) is 0 Å². The van der Waals surface area contributed by atoms with Crippen molar-refractivity contribution in [3.63, 3.8) is 0 Å². The van der Waals surface area contributed by atoms with Gasteiger partial charge in [-0.2, -0.15) is 0 Å². The first kappa shape index (κ1) is 20.8. The molecule has 0 spiro atoms. The summed E-state index contributed by atoms with van der Waals surface area (Å²) in [6.07, 6.45) is 4.64. The van der Waals surface area contributed by atoms with Gasteiger partial charge in [0.15, 0.2) is 0 Å². The number of carbonyl (C=O) groups is 3. The van der Waals surface area contributed by atoms with Crippen molar-refractivity contribution in [2.24, 2.45) is 0 Å². The topological polar surface area (TPSA) is 64.2 Å². The van der Waals surface area contributed by atoms with Crippen LogP contribution in [0.2, 0.25) is 0 Å². The van der Waals surface area contributed by atoms with E-state index < -0.39 is 0 Å². The van der Waals surface area contributed by atoms with Crippen LogP contribution in [0.5, 0.6) is 0 Å². The molecule has 0 N–H and O–H groups in total. The zero-order chi connectivity index (χ0) is 19.9. The highest BCUT2D eigenvalue weighted by Crippen LogP contribution is 2.13. The minimum Gasteiger partial charge on any atom is -0.342 e. The van der Waals surface area contributed by atoms with E-state index in [-0.39, 0.29) is 24.3 Å². The highest BCUT2D eigenvalue weighted by Gasteiger charge is 2.26. The third-order valence-corrected chi connectivity index (χ3v) is 6.35.